The number of aryl methyl sites for hydroxylation is 3. The zero-order chi connectivity index (χ0) is 22.0. The van der Waals surface area contributed by atoms with Crippen molar-refractivity contribution in [3.8, 4) is 0 Å². The molecule has 0 spiro atoms. The summed E-state index contributed by atoms with van der Waals surface area (Å²) < 4.78 is 27.0. The van der Waals surface area contributed by atoms with Gasteiger partial charge in [0.1, 0.15) is 0 Å². The third kappa shape index (κ3) is 4.94. The van der Waals surface area contributed by atoms with Gasteiger partial charge < -0.3 is 4.90 Å². The first-order chi connectivity index (χ1) is 14.8. The van der Waals surface area contributed by atoms with Gasteiger partial charge in [-0.3, -0.25) is 4.90 Å². The summed E-state index contributed by atoms with van der Waals surface area (Å²) in [6.07, 6.45) is 0. The molecule has 164 valence electrons. The van der Waals surface area contributed by atoms with E-state index in [2.05, 4.69) is 57.4 Å². The number of benzene rings is 2. The molecule has 0 atom stereocenters. The molecular formula is C22H28N6O2S. The molecule has 0 radical (unpaired) electrons. The highest BCUT2D eigenvalue weighted by atomic mass is 32.2. The predicted octanol–water partition coefficient (Wildman–Crippen LogP) is 2.35. The van der Waals surface area contributed by atoms with E-state index in [9.17, 15) is 8.42 Å². The maximum absolute atomic E-state index is 12.8. The summed E-state index contributed by atoms with van der Waals surface area (Å²) in [7, 11) is -3.52. The Bertz CT molecular complexity index is 1150. The summed E-state index contributed by atoms with van der Waals surface area (Å²) in [6.45, 7) is 10.3. The van der Waals surface area contributed by atoms with Crippen molar-refractivity contribution in [2.75, 3.05) is 31.1 Å². The van der Waals surface area contributed by atoms with Gasteiger partial charge in [-0.25, -0.2) is 13.1 Å². The van der Waals surface area contributed by atoms with E-state index in [1.54, 1.807) is 24.3 Å². The molecule has 2 heterocycles. The van der Waals surface area contributed by atoms with Crippen LogP contribution in [0.4, 0.5) is 5.69 Å². The monoisotopic (exact) mass is 440 g/mol. The van der Waals surface area contributed by atoms with Crippen molar-refractivity contribution >= 4 is 15.5 Å². The van der Waals surface area contributed by atoms with Crippen molar-refractivity contribution in [3.05, 3.63) is 65.0 Å². The molecule has 0 bridgehead atoms. The average Bonchev–Trinajstić information content (AvgIpc) is 3.16. The summed E-state index contributed by atoms with van der Waals surface area (Å²) in [5, 5.41) is 11.7. The number of piperazine rings is 1. The van der Waals surface area contributed by atoms with Crippen LogP contribution in [-0.2, 0) is 22.3 Å². The highest BCUT2D eigenvalue weighted by molar-refractivity contribution is 7.90. The summed E-state index contributed by atoms with van der Waals surface area (Å²) in [5.74, 6) is 0.303. The lowest BCUT2D eigenvalue weighted by Crippen LogP contribution is -2.46. The Balaban J connectivity index is 1.40. The van der Waals surface area contributed by atoms with E-state index in [4.69, 9.17) is 0 Å². The Labute approximate surface area is 183 Å². The highest BCUT2D eigenvalue weighted by Gasteiger charge is 2.23. The maximum atomic E-state index is 12.8. The van der Waals surface area contributed by atoms with Gasteiger partial charge in [-0.2, -0.15) is 0 Å². The molecule has 8 nitrogen and oxygen atoms in total. The van der Waals surface area contributed by atoms with Crippen LogP contribution >= 0.6 is 0 Å². The van der Waals surface area contributed by atoms with E-state index < -0.39 is 9.84 Å². The van der Waals surface area contributed by atoms with Gasteiger partial charge in [-0.1, -0.05) is 29.8 Å². The molecule has 1 saturated heterocycles. The van der Waals surface area contributed by atoms with Gasteiger partial charge in [0.05, 0.1) is 11.4 Å². The van der Waals surface area contributed by atoms with Gasteiger partial charge in [-0.05, 0) is 60.5 Å². The quantitative estimate of drug-likeness (QED) is 0.582. The molecule has 3 aromatic rings. The van der Waals surface area contributed by atoms with E-state index in [1.165, 1.54) is 21.5 Å². The lowest BCUT2D eigenvalue weighted by Gasteiger charge is -2.36. The van der Waals surface area contributed by atoms with E-state index >= 15 is 0 Å². The normalized spacial score (nSPS) is 15.4. The molecule has 2 aromatic carbocycles. The highest BCUT2D eigenvalue weighted by Crippen LogP contribution is 2.23. The van der Waals surface area contributed by atoms with E-state index in [0.717, 1.165) is 31.7 Å². The number of rotatable bonds is 6. The molecule has 1 fully saturated rings. The molecule has 0 aliphatic carbocycles. The fraction of sp³-hybridized carbons (Fsp3) is 0.409. The van der Waals surface area contributed by atoms with Crippen molar-refractivity contribution in [1.82, 2.24) is 25.1 Å². The van der Waals surface area contributed by atoms with Gasteiger partial charge in [0, 0.05) is 31.9 Å². The summed E-state index contributed by atoms with van der Waals surface area (Å²) >= 11 is 0. The number of hydrogen-bond donors (Lipinski definition) is 0. The van der Waals surface area contributed by atoms with Gasteiger partial charge >= 0.3 is 0 Å². The minimum absolute atomic E-state index is 0.263. The molecular weight excluding hydrogens is 412 g/mol. The van der Waals surface area contributed by atoms with Gasteiger partial charge in [-0.15, -0.1) is 5.10 Å². The van der Waals surface area contributed by atoms with E-state index in [0.29, 0.717) is 12.4 Å². The number of anilines is 1. The Morgan fingerprint density at radius 1 is 0.903 bits per heavy atom. The standard InChI is InChI=1S/C22H28N6O2S/c1-17-5-8-20(9-6-17)31(29,30)16-28-22(23-24-25-28)15-26-10-12-27(13-11-26)21-14-18(2)4-7-19(21)3/h4-9,14H,10-13,15-16H2,1-3H3. The van der Waals surface area contributed by atoms with Crippen LogP contribution in [0.15, 0.2) is 47.4 Å². The molecule has 31 heavy (non-hydrogen) atoms. The largest absolute Gasteiger partial charge is 0.369 e. The van der Waals surface area contributed by atoms with Gasteiger partial charge in [0.2, 0.25) is 0 Å². The van der Waals surface area contributed by atoms with Crippen molar-refractivity contribution in [3.63, 3.8) is 0 Å². The second kappa shape index (κ2) is 8.76. The van der Waals surface area contributed by atoms with Crippen LogP contribution in [0, 0.1) is 20.8 Å². The zero-order valence-corrected chi connectivity index (χ0v) is 19.0. The molecule has 0 saturated carbocycles. The second-order valence-electron chi connectivity index (χ2n) is 8.20. The Morgan fingerprint density at radius 3 is 2.29 bits per heavy atom. The molecule has 9 heteroatoms. The number of hydrogen-bond acceptors (Lipinski definition) is 7. The Kier molecular flexibility index (Phi) is 6.06. The van der Waals surface area contributed by atoms with Crippen LogP contribution in [0.5, 0.6) is 0 Å². The molecule has 1 aliphatic heterocycles. The Morgan fingerprint density at radius 2 is 1.58 bits per heavy atom. The van der Waals surface area contributed by atoms with Crippen LogP contribution in [0.1, 0.15) is 22.5 Å². The smallest absolute Gasteiger partial charge is 0.198 e. The average molecular weight is 441 g/mol. The molecule has 1 aromatic heterocycles. The minimum Gasteiger partial charge on any atom is -0.369 e. The zero-order valence-electron chi connectivity index (χ0n) is 18.2. The van der Waals surface area contributed by atoms with E-state index in [1.807, 2.05) is 6.92 Å². The van der Waals surface area contributed by atoms with Gasteiger partial charge in [0.15, 0.2) is 21.5 Å². The summed E-state index contributed by atoms with van der Waals surface area (Å²) in [4.78, 5) is 4.95. The number of nitrogens with zero attached hydrogens (tertiary/aromatic N) is 6. The van der Waals surface area contributed by atoms with Crippen molar-refractivity contribution in [2.45, 2.75) is 38.1 Å². The fourth-order valence-corrected chi connectivity index (χ4v) is 5.05. The summed E-state index contributed by atoms with van der Waals surface area (Å²) in [6, 6.07) is 13.4. The topological polar surface area (TPSA) is 84.2 Å². The van der Waals surface area contributed by atoms with Crippen LogP contribution in [0.25, 0.3) is 0 Å². The van der Waals surface area contributed by atoms with Crippen molar-refractivity contribution in [1.29, 1.82) is 0 Å². The maximum Gasteiger partial charge on any atom is 0.198 e. The lowest BCUT2D eigenvalue weighted by molar-refractivity contribution is 0.240. The van der Waals surface area contributed by atoms with Gasteiger partial charge in [0.25, 0.3) is 0 Å². The van der Waals surface area contributed by atoms with Crippen LogP contribution in [0.2, 0.25) is 0 Å². The molecule has 0 unspecified atom stereocenters. The first-order valence-electron chi connectivity index (χ1n) is 10.4. The number of tetrazole rings is 1. The molecule has 1 aliphatic rings. The first-order valence-corrected chi connectivity index (χ1v) is 12.1. The van der Waals surface area contributed by atoms with Crippen LogP contribution < -0.4 is 4.90 Å². The minimum atomic E-state index is -3.52. The number of aromatic nitrogens is 4. The number of sulfone groups is 1. The first kappa shape index (κ1) is 21.5. The molecule has 0 amide bonds. The SMILES string of the molecule is Cc1ccc(S(=O)(=O)Cn2nnnc2CN2CCN(c3cc(C)ccc3C)CC2)cc1. The Hall–Kier alpha value is -2.78. The predicted molar refractivity (Wildman–Crippen MR) is 120 cm³/mol. The van der Waals surface area contributed by atoms with Crippen molar-refractivity contribution < 1.29 is 8.42 Å². The molecule has 4 rings (SSSR count). The van der Waals surface area contributed by atoms with Crippen LogP contribution in [0.3, 0.4) is 0 Å². The lowest BCUT2D eigenvalue weighted by atomic mass is 10.1. The van der Waals surface area contributed by atoms with Crippen LogP contribution in [-0.4, -0.2) is 59.7 Å². The summed E-state index contributed by atoms with van der Waals surface area (Å²) in [5.41, 5.74) is 4.84. The van der Waals surface area contributed by atoms with E-state index in [-0.39, 0.29) is 10.8 Å². The molecule has 0 N–H and O–H groups in total. The third-order valence-electron chi connectivity index (χ3n) is 5.72. The third-order valence-corrected chi connectivity index (χ3v) is 7.30. The second-order valence-corrected chi connectivity index (χ2v) is 10.2. The fourth-order valence-electron chi connectivity index (χ4n) is 3.82. The van der Waals surface area contributed by atoms with Crippen molar-refractivity contribution in [2.24, 2.45) is 0 Å².